The smallest absolute Gasteiger partial charge is 0.329 e. The van der Waals surface area contributed by atoms with Crippen LogP contribution in [0.3, 0.4) is 0 Å². The highest BCUT2D eigenvalue weighted by atomic mass is 19.1. The molecule has 2 N–H and O–H groups in total. The van der Waals surface area contributed by atoms with E-state index in [1.165, 1.54) is 36.4 Å². The fourth-order valence-electron chi connectivity index (χ4n) is 3.23. The van der Waals surface area contributed by atoms with Crippen LogP contribution in [0.4, 0.5) is 4.39 Å². The van der Waals surface area contributed by atoms with Gasteiger partial charge in [-0.05, 0) is 61.9 Å². The van der Waals surface area contributed by atoms with Crippen LogP contribution < -0.4 is 10.9 Å². The monoisotopic (exact) mass is 373 g/mol. The third kappa shape index (κ3) is 3.89. The van der Waals surface area contributed by atoms with Crippen molar-refractivity contribution in [2.75, 3.05) is 0 Å². The van der Waals surface area contributed by atoms with Crippen LogP contribution in [0.1, 0.15) is 43.1 Å². The predicted molar refractivity (Wildman–Crippen MR) is 95.3 cm³/mol. The molecule has 1 fully saturated rings. The summed E-state index contributed by atoms with van der Waals surface area (Å²) in [6.45, 7) is 2.05. The fraction of sp³-hybridized carbons (Fsp3) is 0.368. The first kappa shape index (κ1) is 18.8. The third-order valence-corrected chi connectivity index (χ3v) is 4.99. The number of nitrogens with zero attached hydrogens (tertiary/aromatic N) is 2. The molecule has 0 saturated heterocycles. The van der Waals surface area contributed by atoms with Gasteiger partial charge in [0.2, 0.25) is 0 Å². The Morgan fingerprint density at radius 1 is 1.19 bits per heavy atom. The zero-order valence-corrected chi connectivity index (χ0v) is 14.8. The summed E-state index contributed by atoms with van der Waals surface area (Å²) < 4.78 is 14.1. The van der Waals surface area contributed by atoms with Gasteiger partial charge in [0.15, 0.2) is 0 Å². The lowest BCUT2D eigenvalue weighted by Gasteiger charge is -2.36. The Morgan fingerprint density at radius 2 is 1.81 bits per heavy atom. The Kier molecular flexibility index (Phi) is 5.07. The number of carbonyl (C=O) groups is 2. The largest absolute Gasteiger partial charge is 0.480 e. The van der Waals surface area contributed by atoms with Gasteiger partial charge in [-0.2, -0.15) is 9.78 Å². The zero-order valence-electron chi connectivity index (χ0n) is 14.8. The molecule has 142 valence electrons. The summed E-state index contributed by atoms with van der Waals surface area (Å²) in [4.78, 5) is 36.5. The Morgan fingerprint density at radius 3 is 2.41 bits per heavy atom. The Labute approximate surface area is 154 Å². The maximum atomic E-state index is 13.1. The Balaban J connectivity index is 1.88. The molecule has 1 aromatic heterocycles. The van der Waals surface area contributed by atoms with Crippen molar-refractivity contribution >= 4 is 11.9 Å². The van der Waals surface area contributed by atoms with Crippen LogP contribution in [0.5, 0.6) is 0 Å². The highest BCUT2D eigenvalue weighted by molar-refractivity contribution is 5.96. The summed E-state index contributed by atoms with van der Waals surface area (Å²) in [5, 5.41) is 16.3. The SMILES string of the molecule is CC1CCC(NC(=O)c2ccc(=O)n(-c3ccc(F)cc3)n2)(C(=O)O)CC1. The molecule has 2 aromatic rings. The highest BCUT2D eigenvalue weighted by Crippen LogP contribution is 2.32. The molecule has 1 heterocycles. The third-order valence-electron chi connectivity index (χ3n) is 4.99. The number of carboxylic acids is 1. The molecular formula is C19H20FN3O4. The minimum absolute atomic E-state index is 0.0850. The van der Waals surface area contributed by atoms with Gasteiger partial charge >= 0.3 is 5.97 Å². The van der Waals surface area contributed by atoms with Crippen molar-refractivity contribution in [3.05, 3.63) is 58.3 Å². The standard InChI is InChI=1S/C19H20FN3O4/c1-12-8-10-19(11-9-12,18(26)27)21-17(25)15-6-7-16(24)23(22-15)14-4-2-13(20)3-5-14/h2-7,12H,8-11H2,1H3,(H,21,25)(H,26,27). The van der Waals surface area contributed by atoms with Gasteiger partial charge in [-0.1, -0.05) is 6.92 Å². The Hall–Kier alpha value is -3.03. The number of amides is 1. The van der Waals surface area contributed by atoms with Gasteiger partial charge in [-0.3, -0.25) is 9.59 Å². The van der Waals surface area contributed by atoms with E-state index in [4.69, 9.17) is 0 Å². The average molecular weight is 373 g/mol. The maximum Gasteiger partial charge on any atom is 0.329 e. The van der Waals surface area contributed by atoms with Crippen LogP contribution in [-0.4, -0.2) is 32.3 Å². The van der Waals surface area contributed by atoms with Crippen LogP contribution in [0.2, 0.25) is 0 Å². The van der Waals surface area contributed by atoms with Gasteiger partial charge in [0, 0.05) is 6.07 Å². The van der Waals surface area contributed by atoms with Crippen LogP contribution in [0, 0.1) is 11.7 Å². The van der Waals surface area contributed by atoms with Gasteiger partial charge in [0.05, 0.1) is 5.69 Å². The van der Waals surface area contributed by atoms with E-state index in [0.717, 1.165) is 4.68 Å². The molecule has 1 aliphatic rings. The lowest BCUT2D eigenvalue weighted by atomic mass is 9.77. The molecule has 0 spiro atoms. The number of hydrogen-bond donors (Lipinski definition) is 2. The highest BCUT2D eigenvalue weighted by Gasteiger charge is 2.42. The summed E-state index contributed by atoms with van der Waals surface area (Å²) in [6, 6.07) is 7.51. The second-order valence-corrected chi connectivity index (χ2v) is 6.97. The van der Waals surface area contributed by atoms with E-state index in [1.807, 2.05) is 6.92 Å². The topological polar surface area (TPSA) is 101 Å². The van der Waals surface area contributed by atoms with Crippen molar-refractivity contribution in [2.45, 2.75) is 38.1 Å². The van der Waals surface area contributed by atoms with E-state index in [2.05, 4.69) is 10.4 Å². The lowest BCUT2D eigenvalue weighted by Crippen LogP contribution is -2.56. The number of carboxylic acid groups (broad SMARTS) is 1. The van der Waals surface area contributed by atoms with Gasteiger partial charge in [-0.15, -0.1) is 0 Å². The summed E-state index contributed by atoms with van der Waals surface area (Å²) >= 11 is 0. The van der Waals surface area contributed by atoms with Gasteiger partial charge in [-0.25, -0.2) is 9.18 Å². The normalized spacial score (nSPS) is 22.2. The van der Waals surface area contributed by atoms with Gasteiger partial charge < -0.3 is 10.4 Å². The first-order chi connectivity index (χ1) is 12.8. The molecule has 1 amide bonds. The molecular weight excluding hydrogens is 353 g/mol. The van der Waals surface area contributed by atoms with E-state index >= 15 is 0 Å². The zero-order chi connectivity index (χ0) is 19.6. The van der Waals surface area contributed by atoms with Crippen molar-refractivity contribution in [2.24, 2.45) is 5.92 Å². The number of rotatable bonds is 4. The van der Waals surface area contributed by atoms with E-state index in [0.29, 0.717) is 37.3 Å². The number of halogens is 1. The molecule has 0 aliphatic heterocycles. The first-order valence-corrected chi connectivity index (χ1v) is 8.73. The molecule has 8 heteroatoms. The number of nitrogens with one attached hydrogen (secondary N) is 1. The number of hydrogen-bond acceptors (Lipinski definition) is 4. The maximum absolute atomic E-state index is 13.1. The number of aromatic nitrogens is 2. The molecule has 1 saturated carbocycles. The van der Waals surface area contributed by atoms with E-state index in [9.17, 15) is 23.9 Å². The van der Waals surface area contributed by atoms with Crippen molar-refractivity contribution in [1.82, 2.24) is 15.1 Å². The van der Waals surface area contributed by atoms with Crippen molar-refractivity contribution in [1.29, 1.82) is 0 Å². The summed E-state index contributed by atoms with van der Waals surface area (Å²) in [5.41, 5.74) is -1.60. The first-order valence-electron chi connectivity index (χ1n) is 8.73. The molecule has 0 atom stereocenters. The summed E-state index contributed by atoms with van der Waals surface area (Å²) in [7, 11) is 0. The van der Waals surface area contributed by atoms with E-state index in [1.54, 1.807) is 0 Å². The minimum Gasteiger partial charge on any atom is -0.480 e. The summed E-state index contributed by atoms with van der Waals surface area (Å²) in [5.74, 6) is -1.79. The van der Waals surface area contributed by atoms with E-state index < -0.39 is 28.8 Å². The predicted octanol–water partition coefficient (Wildman–Crippen LogP) is 2.13. The van der Waals surface area contributed by atoms with Crippen LogP contribution in [0.25, 0.3) is 5.69 Å². The van der Waals surface area contributed by atoms with Gasteiger partial charge in [0.25, 0.3) is 11.5 Å². The van der Waals surface area contributed by atoms with Crippen LogP contribution >= 0.6 is 0 Å². The quantitative estimate of drug-likeness (QED) is 0.855. The fourth-order valence-corrected chi connectivity index (χ4v) is 3.23. The van der Waals surface area contributed by atoms with Crippen LogP contribution in [0.15, 0.2) is 41.2 Å². The molecule has 0 bridgehead atoms. The number of aliphatic carboxylic acids is 1. The molecule has 0 unspecified atom stereocenters. The summed E-state index contributed by atoms with van der Waals surface area (Å²) in [6.07, 6.45) is 2.09. The molecule has 27 heavy (non-hydrogen) atoms. The molecule has 7 nitrogen and oxygen atoms in total. The molecule has 1 aromatic carbocycles. The van der Waals surface area contributed by atoms with Crippen molar-refractivity contribution in [3.63, 3.8) is 0 Å². The van der Waals surface area contributed by atoms with Crippen LogP contribution in [-0.2, 0) is 4.79 Å². The second kappa shape index (κ2) is 7.30. The van der Waals surface area contributed by atoms with E-state index in [-0.39, 0.29) is 5.69 Å². The Bertz CT molecular complexity index is 915. The number of carbonyl (C=O) groups excluding carboxylic acids is 1. The average Bonchev–Trinajstić information content (AvgIpc) is 2.65. The molecule has 3 rings (SSSR count). The molecule has 1 aliphatic carbocycles. The lowest BCUT2D eigenvalue weighted by molar-refractivity contribution is -0.146. The van der Waals surface area contributed by atoms with Gasteiger partial charge in [0.1, 0.15) is 17.1 Å². The second-order valence-electron chi connectivity index (χ2n) is 6.97. The number of benzene rings is 1. The minimum atomic E-state index is -1.33. The molecule has 0 radical (unpaired) electrons. The van der Waals surface area contributed by atoms with Crippen molar-refractivity contribution < 1.29 is 19.1 Å². The van der Waals surface area contributed by atoms with Crippen molar-refractivity contribution in [3.8, 4) is 5.69 Å².